The summed E-state index contributed by atoms with van der Waals surface area (Å²) in [6, 6.07) is 3.28. The van der Waals surface area contributed by atoms with Crippen molar-refractivity contribution in [1.82, 2.24) is 24.3 Å². The number of primary amides is 1. The molecule has 0 bridgehead atoms. The zero-order valence-electron chi connectivity index (χ0n) is 15.5. The number of amides is 2. The molecule has 0 aliphatic rings. The van der Waals surface area contributed by atoms with Gasteiger partial charge in [-0.1, -0.05) is 28.1 Å². The lowest BCUT2D eigenvalue weighted by Gasteiger charge is -2.08. The van der Waals surface area contributed by atoms with Crippen LogP contribution in [-0.2, 0) is 13.1 Å². The Labute approximate surface area is 169 Å². The molecule has 3 aromatic rings. The van der Waals surface area contributed by atoms with Crippen LogP contribution in [0.5, 0.6) is 0 Å². The van der Waals surface area contributed by atoms with Crippen molar-refractivity contribution in [2.45, 2.75) is 26.9 Å². The van der Waals surface area contributed by atoms with Gasteiger partial charge in [0, 0.05) is 24.6 Å². The van der Waals surface area contributed by atoms with Gasteiger partial charge in [-0.05, 0) is 26.0 Å². The van der Waals surface area contributed by atoms with Gasteiger partial charge in [0.15, 0.2) is 5.65 Å². The Morgan fingerprint density at radius 1 is 1.32 bits per heavy atom. The summed E-state index contributed by atoms with van der Waals surface area (Å²) in [6.07, 6.45) is 5.26. The van der Waals surface area contributed by atoms with Crippen molar-refractivity contribution in [1.29, 1.82) is 0 Å². The Morgan fingerprint density at radius 3 is 2.79 bits per heavy atom. The van der Waals surface area contributed by atoms with E-state index in [4.69, 9.17) is 5.73 Å². The SMILES string of the molecule is CCn1nc(C)cc1C(=O)Nc1nc2cc(C(N)=O)cnc2n1CC=CCBr. The number of pyridine rings is 1. The Kier molecular flexibility index (Phi) is 5.88. The number of nitrogens with zero attached hydrogens (tertiary/aromatic N) is 5. The average molecular weight is 446 g/mol. The maximum atomic E-state index is 12.8. The number of anilines is 1. The fourth-order valence-corrected chi connectivity index (χ4v) is 3.06. The molecule has 3 aromatic heterocycles. The number of nitrogens with one attached hydrogen (secondary N) is 1. The average Bonchev–Trinajstić information content (AvgIpc) is 3.21. The molecule has 0 unspecified atom stereocenters. The molecule has 0 aliphatic carbocycles. The van der Waals surface area contributed by atoms with E-state index in [1.165, 1.54) is 6.20 Å². The molecule has 3 rings (SSSR count). The third kappa shape index (κ3) is 3.96. The van der Waals surface area contributed by atoms with E-state index in [9.17, 15) is 9.59 Å². The molecular weight excluding hydrogens is 426 g/mol. The fraction of sp³-hybridized carbons (Fsp3) is 0.278. The number of halogens is 1. The molecule has 2 amide bonds. The van der Waals surface area contributed by atoms with E-state index in [1.54, 1.807) is 21.4 Å². The molecule has 0 aromatic carbocycles. The molecule has 3 N–H and O–H groups in total. The molecule has 3 heterocycles. The van der Waals surface area contributed by atoms with Gasteiger partial charge in [-0.3, -0.25) is 24.2 Å². The van der Waals surface area contributed by atoms with Gasteiger partial charge in [-0.15, -0.1) is 0 Å². The standard InChI is InChI=1S/C18H20BrN7O2/c1-3-26-14(8-11(2)24-26)17(28)23-18-22-13-9-12(15(20)27)10-21-16(13)25(18)7-5-4-6-19/h4-5,8-10H,3,6-7H2,1-2H3,(H2,20,27)(H,22,23,28). The van der Waals surface area contributed by atoms with E-state index in [0.717, 1.165) is 5.69 Å². The minimum absolute atomic E-state index is 0.255. The highest BCUT2D eigenvalue weighted by Crippen LogP contribution is 2.20. The smallest absolute Gasteiger partial charge is 0.276 e. The Hall–Kier alpha value is -3.01. The monoisotopic (exact) mass is 445 g/mol. The Balaban J connectivity index is 2.02. The topological polar surface area (TPSA) is 121 Å². The first-order chi connectivity index (χ1) is 13.4. The third-order valence-electron chi connectivity index (χ3n) is 4.07. The number of hydrogen-bond acceptors (Lipinski definition) is 5. The van der Waals surface area contributed by atoms with Crippen molar-refractivity contribution in [2.24, 2.45) is 5.73 Å². The summed E-state index contributed by atoms with van der Waals surface area (Å²) in [5.41, 5.74) is 7.80. The molecule has 0 atom stereocenters. The van der Waals surface area contributed by atoms with E-state index in [-0.39, 0.29) is 11.5 Å². The molecule has 0 saturated carbocycles. The van der Waals surface area contributed by atoms with Crippen molar-refractivity contribution >= 4 is 44.9 Å². The largest absolute Gasteiger partial charge is 0.366 e. The molecule has 0 fully saturated rings. The zero-order chi connectivity index (χ0) is 20.3. The van der Waals surface area contributed by atoms with E-state index in [0.29, 0.717) is 41.2 Å². The first-order valence-corrected chi connectivity index (χ1v) is 9.79. The van der Waals surface area contributed by atoms with Crippen LogP contribution in [0.1, 0.15) is 33.5 Å². The van der Waals surface area contributed by atoms with Gasteiger partial charge in [0.25, 0.3) is 5.91 Å². The van der Waals surface area contributed by atoms with Gasteiger partial charge in [-0.2, -0.15) is 5.10 Å². The molecule has 0 radical (unpaired) electrons. The third-order valence-corrected chi connectivity index (χ3v) is 4.45. The summed E-state index contributed by atoms with van der Waals surface area (Å²) in [5.74, 6) is -0.579. The van der Waals surface area contributed by atoms with Gasteiger partial charge < -0.3 is 5.73 Å². The summed E-state index contributed by atoms with van der Waals surface area (Å²) in [7, 11) is 0. The lowest BCUT2D eigenvalue weighted by Crippen LogP contribution is -2.20. The Morgan fingerprint density at radius 2 is 2.11 bits per heavy atom. The van der Waals surface area contributed by atoms with Crippen molar-refractivity contribution in [2.75, 3.05) is 10.6 Å². The number of fused-ring (bicyclic) bond motifs is 1. The predicted molar refractivity (Wildman–Crippen MR) is 110 cm³/mol. The quantitative estimate of drug-likeness (QED) is 0.426. The maximum Gasteiger partial charge on any atom is 0.276 e. The van der Waals surface area contributed by atoms with Gasteiger partial charge in [0.05, 0.1) is 11.3 Å². The second kappa shape index (κ2) is 8.34. The molecule has 146 valence electrons. The number of rotatable bonds is 7. The van der Waals surface area contributed by atoms with Crippen LogP contribution in [0.15, 0.2) is 30.5 Å². The first-order valence-electron chi connectivity index (χ1n) is 8.67. The first kappa shape index (κ1) is 19.7. The highest BCUT2D eigenvalue weighted by Gasteiger charge is 2.19. The molecular formula is C18H20BrN7O2. The Bertz CT molecular complexity index is 1070. The van der Waals surface area contributed by atoms with E-state index in [1.807, 2.05) is 26.0 Å². The normalized spacial score (nSPS) is 11.4. The number of aromatic nitrogens is 5. The lowest BCUT2D eigenvalue weighted by atomic mass is 10.2. The summed E-state index contributed by atoms with van der Waals surface area (Å²) in [5, 5.41) is 7.83. The second-order valence-corrected chi connectivity index (χ2v) is 6.69. The number of hydrogen-bond donors (Lipinski definition) is 2. The maximum absolute atomic E-state index is 12.8. The van der Waals surface area contributed by atoms with Crippen LogP contribution in [0, 0.1) is 6.92 Å². The summed E-state index contributed by atoms with van der Waals surface area (Å²) in [6.45, 7) is 4.77. The number of imidazole rings is 1. The van der Waals surface area contributed by atoms with Crippen LogP contribution < -0.4 is 11.1 Å². The minimum atomic E-state index is -0.587. The van der Waals surface area contributed by atoms with Crippen LogP contribution in [-0.4, -0.2) is 41.5 Å². The number of aryl methyl sites for hydroxylation is 2. The summed E-state index contributed by atoms with van der Waals surface area (Å²) in [4.78, 5) is 33.0. The predicted octanol–water partition coefficient (Wildman–Crippen LogP) is 2.26. The molecule has 9 nitrogen and oxygen atoms in total. The molecule has 0 spiro atoms. The van der Waals surface area contributed by atoms with Gasteiger partial charge in [0.2, 0.25) is 11.9 Å². The molecule has 10 heteroatoms. The van der Waals surface area contributed by atoms with E-state index < -0.39 is 5.91 Å². The zero-order valence-corrected chi connectivity index (χ0v) is 17.1. The van der Waals surface area contributed by atoms with Crippen molar-refractivity contribution < 1.29 is 9.59 Å². The van der Waals surface area contributed by atoms with E-state index in [2.05, 4.69) is 36.3 Å². The van der Waals surface area contributed by atoms with Crippen LogP contribution in [0.2, 0.25) is 0 Å². The van der Waals surface area contributed by atoms with Crippen molar-refractivity contribution in [3.8, 4) is 0 Å². The minimum Gasteiger partial charge on any atom is -0.366 e. The van der Waals surface area contributed by atoms with Gasteiger partial charge in [0.1, 0.15) is 11.2 Å². The highest BCUT2D eigenvalue weighted by atomic mass is 79.9. The molecule has 0 aliphatic heterocycles. The van der Waals surface area contributed by atoms with Crippen LogP contribution in [0.3, 0.4) is 0 Å². The number of allylic oxidation sites excluding steroid dienone is 2. The van der Waals surface area contributed by atoms with Gasteiger partial charge in [-0.25, -0.2) is 9.97 Å². The number of carbonyl (C=O) groups is 2. The van der Waals surface area contributed by atoms with Crippen LogP contribution in [0.25, 0.3) is 11.2 Å². The number of carbonyl (C=O) groups excluding carboxylic acids is 2. The lowest BCUT2D eigenvalue weighted by molar-refractivity contribution is 0.0995. The van der Waals surface area contributed by atoms with Crippen LogP contribution in [0.4, 0.5) is 5.95 Å². The van der Waals surface area contributed by atoms with E-state index >= 15 is 0 Å². The molecule has 28 heavy (non-hydrogen) atoms. The second-order valence-electron chi connectivity index (χ2n) is 6.04. The summed E-state index contributed by atoms with van der Waals surface area (Å²) < 4.78 is 3.39. The van der Waals surface area contributed by atoms with Crippen LogP contribution >= 0.6 is 15.9 Å². The van der Waals surface area contributed by atoms with Crippen molar-refractivity contribution in [3.63, 3.8) is 0 Å². The highest BCUT2D eigenvalue weighted by molar-refractivity contribution is 9.09. The number of alkyl halides is 1. The number of nitrogens with two attached hydrogens (primary N) is 1. The van der Waals surface area contributed by atoms with Gasteiger partial charge >= 0.3 is 0 Å². The summed E-state index contributed by atoms with van der Waals surface area (Å²) >= 11 is 3.34. The van der Waals surface area contributed by atoms with Crippen molar-refractivity contribution in [3.05, 3.63) is 47.4 Å². The fourth-order valence-electron chi connectivity index (χ4n) is 2.79. The molecule has 0 saturated heterocycles.